The van der Waals surface area contributed by atoms with Crippen molar-refractivity contribution < 1.29 is 13.2 Å². The molecule has 0 bridgehead atoms. The highest BCUT2D eigenvalue weighted by atomic mass is 32.2. The molecule has 0 saturated heterocycles. The maximum absolute atomic E-state index is 13.4. The maximum Gasteiger partial charge on any atom is 0.227 e. The van der Waals surface area contributed by atoms with Crippen molar-refractivity contribution in [1.82, 2.24) is 9.55 Å². The summed E-state index contributed by atoms with van der Waals surface area (Å²) in [7, 11) is -3.45. The molecule has 0 saturated carbocycles. The Labute approximate surface area is 195 Å². The van der Waals surface area contributed by atoms with Gasteiger partial charge in [-0.15, -0.1) is 0 Å². The van der Waals surface area contributed by atoms with Gasteiger partial charge in [0.15, 0.2) is 9.84 Å². The topological polar surface area (TPSA) is 71.9 Å². The van der Waals surface area contributed by atoms with Crippen molar-refractivity contribution in [2.45, 2.75) is 56.1 Å². The van der Waals surface area contributed by atoms with Gasteiger partial charge in [-0.25, -0.2) is 8.42 Å². The van der Waals surface area contributed by atoms with Crippen molar-refractivity contribution in [3.8, 4) is 0 Å². The van der Waals surface area contributed by atoms with Crippen molar-refractivity contribution >= 4 is 26.6 Å². The Kier molecular flexibility index (Phi) is 6.56. The van der Waals surface area contributed by atoms with Crippen LogP contribution in [0.5, 0.6) is 0 Å². The first-order chi connectivity index (χ1) is 15.8. The van der Waals surface area contributed by atoms with Gasteiger partial charge in [-0.05, 0) is 60.4 Å². The third-order valence-electron chi connectivity index (χ3n) is 6.38. The SMILES string of the molecule is CCC[C@H](Cc1ccc2c(c1)c(C(C)c1ccc[nH]1)cn2C(C)=O)S(=O)(=O)c1ccccc1. The van der Waals surface area contributed by atoms with E-state index in [1.54, 1.807) is 35.8 Å². The number of hydrogen-bond donors (Lipinski definition) is 1. The second kappa shape index (κ2) is 9.40. The van der Waals surface area contributed by atoms with Gasteiger partial charge >= 0.3 is 0 Å². The van der Waals surface area contributed by atoms with Crippen LogP contribution in [0.3, 0.4) is 0 Å². The maximum atomic E-state index is 13.4. The first kappa shape index (κ1) is 23.1. The van der Waals surface area contributed by atoms with Gasteiger partial charge in [-0.2, -0.15) is 0 Å². The number of carbonyl (C=O) groups is 1. The predicted octanol–water partition coefficient (Wildman–Crippen LogP) is 5.97. The summed E-state index contributed by atoms with van der Waals surface area (Å²) in [5.74, 6) is 0.0195. The molecule has 2 aromatic carbocycles. The molecule has 0 aliphatic heterocycles. The van der Waals surface area contributed by atoms with Crippen LogP contribution < -0.4 is 0 Å². The van der Waals surface area contributed by atoms with Gasteiger partial charge in [-0.1, -0.05) is 44.5 Å². The van der Waals surface area contributed by atoms with Crippen LogP contribution in [-0.4, -0.2) is 29.1 Å². The number of nitrogens with zero attached hydrogens (tertiary/aromatic N) is 1. The molecule has 2 atom stereocenters. The molecule has 2 heterocycles. The Morgan fingerprint density at radius 2 is 1.82 bits per heavy atom. The molecule has 4 aromatic rings. The summed E-state index contributed by atoms with van der Waals surface area (Å²) in [6.07, 6.45) is 5.62. The lowest BCUT2D eigenvalue weighted by atomic mass is 9.95. The number of aromatic amines is 1. The first-order valence-electron chi connectivity index (χ1n) is 11.4. The second-order valence-electron chi connectivity index (χ2n) is 8.64. The Morgan fingerprint density at radius 1 is 1.06 bits per heavy atom. The minimum atomic E-state index is -3.45. The third-order valence-corrected chi connectivity index (χ3v) is 8.59. The van der Waals surface area contributed by atoms with Crippen LogP contribution in [-0.2, 0) is 16.3 Å². The fraction of sp³-hybridized carbons (Fsp3) is 0.296. The van der Waals surface area contributed by atoms with E-state index in [0.717, 1.165) is 34.1 Å². The molecule has 1 unspecified atom stereocenters. The fourth-order valence-corrected chi connectivity index (χ4v) is 6.45. The summed E-state index contributed by atoms with van der Waals surface area (Å²) in [6.45, 7) is 5.68. The molecule has 0 fully saturated rings. The van der Waals surface area contributed by atoms with E-state index in [2.05, 4.69) is 18.0 Å². The van der Waals surface area contributed by atoms with Crippen LogP contribution in [0.2, 0.25) is 0 Å². The number of H-pyrrole nitrogens is 1. The van der Waals surface area contributed by atoms with Gasteiger partial charge in [0.2, 0.25) is 5.91 Å². The van der Waals surface area contributed by atoms with E-state index >= 15 is 0 Å². The molecule has 1 N–H and O–H groups in total. The molecule has 172 valence electrons. The minimum Gasteiger partial charge on any atom is -0.364 e. The van der Waals surface area contributed by atoms with Crippen LogP contribution in [0.25, 0.3) is 10.9 Å². The van der Waals surface area contributed by atoms with Crippen molar-refractivity contribution in [3.63, 3.8) is 0 Å². The van der Waals surface area contributed by atoms with E-state index in [1.165, 1.54) is 0 Å². The lowest BCUT2D eigenvalue weighted by Gasteiger charge is -2.18. The number of fused-ring (bicyclic) bond motifs is 1. The van der Waals surface area contributed by atoms with Crippen molar-refractivity contribution in [2.75, 3.05) is 0 Å². The number of carbonyl (C=O) groups excluding carboxylic acids is 1. The van der Waals surface area contributed by atoms with Crippen LogP contribution in [0.15, 0.2) is 78.0 Å². The van der Waals surface area contributed by atoms with Gasteiger partial charge in [0.1, 0.15) is 0 Å². The van der Waals surface area contributed by atoms with Gasteiger partial charge in [0.25, 0.3) is 0 Å². The fourth-order valence-electron chi connectivity index (χ4n) is 4.57. The molecule has 33 heavy (non-hydrogen) atoms. The van der Waals surface area contributed by atoms with Crippen LogP contribution in [0.4, 0.5) is 0 Å². The number of sulfone groups is 1. The Bertz CT molecular complexity index is 1350. The first-order valence-corrected chi connectivity index (χ1v) is 12.9. The monoisotopic (exact) mass is 462 g/mol. The molecule has 0 radical (unpaired) electrons. The Balaban J connectivity index is 1.76. The number of rotatable bonds is 8. The summed E-state index contributed by atoms with van der Waals surface area (Å²) in [5.41, 5.74) is 3.92. The molecule has 0 spiro atoms. The van der Waals surface area contributed by atoms with Crippen LogP contribution in [0.1, 0.15) is 61.1 Å². The smallest absolute Gasteiger partial charge is 0.227 e. The highest BCUT2D eigenvalue weighted by molar-refractivity contribution is 7.92. The van der Waals surface area contributed by atoms with Crippen molar-refractivity contribution in [3.05, 3.63) is 89.9 Å². The van der Waals surface area contributed by atoms with Gasteiger partial charge in [0, 0.05) is 36.3 Å². The molecule has 4 rings (SSSR count). The van der Waals surface area contributed by atoms with E-state index < -0.39 is 15.1 Å². The highest BCUT2D eigenvalue weighted by Gasteiger charge is 2.27. The summed E-state index contributed by atoms with van der Waals surface area (Å²) in [6, 6.07) is 18.7. The molecule has 0 aliphatic rings. The second-order valence-corrected chi connectivity index (χ2v) is 10.9. The van der Waals surface area contributed by atoms with E-state index in [4.69, 9.17) is 0 Å². The van der Waals surface area contributed by atoms with Crippen LogP contribution in [0, 0.1) is 0 Å². The molecule has 6 heteroatoms. The van der Waals surface area contributed by atoms with E-state index in [0.29, 0.717) is 17.7 Å². The van der Waals surface area contributed by atoms with E-state index in [-0.39, 0.29) is 11.8 Å². The zero-order valence-electron chi connectivity index (χ0n) is 19.3. The average Bonchev–Trinajstić information content (AvgIpc) is 3.47. The van der Waals surface area contributed by atoms with Crippen LogP contribution >= 0.6 is 0 Å². The highest BCUT2D eigenvalue weighted by Crippen LogP contribution is 2.33. The lowest BCUT2D eigenvalue weighted by molar-refractivity contribution is 0.0941. The zero-order valence-corrected chi connectivity index (χ0v) is 20.1. The molecule has 0 amide bonds. The predicted molar refractivity (Wildman–Crippen MR) is 133 cm³/mol. The summed E-state index contributed by atoms with van der Waals surface area (Å²) >= 11 is 0. The van der Waals surface area contributed by atoms with Gasteiger partial charge in [0.05, 0.1) is 15.7 Å². The van der Waals surface area contributed by atoms with E-state index in [9.17, 15) is 13.2 Å². The largest absolute Gasteiger partial charge is 0.364 e. The number of nitrogens with one attached hydrogen (secondary N) is 1. The summed E-state index contributed by atoms with van der Waals surface area (Å²) in [4.78, 5) is 15.9. The number of hydrogen-bond acceptors (Lipinski definition) is 3. The van der Waals surface area contributed by atoms with Crippen molar-refractivity contribution in [2.24, 2.45) is 0 Å². The third kappa shape index (κ3) is 4.53. The Morgan fingerprint density at radius 3 is 2.45 bits per heavy atom. The molecular weight excluding hydrogens is 432 g/mol. The van der Waals surface area contributed by atoms with Crippen molar-refractivity contribution in [1.29, 1.82) is 0 Å². The number of aromatic nitrogens is 2. The van der Waals surface area contributed by atoms with E-state index in [1.807, 2.05) is 49.6 Å². The Hall–Kier alpha value is -3.12. The standard InChI is InChI=1S/C27H30N2O3S/c1-4-9-23(33(31,32)22-10-6-5-7-11-22)16-21-13-14-27-24(17-21)25(18-29(27)20(3)30)19(2)26-12-8-15-28-26/h5-8,10-15,17-19,23,28H,4,9,16H2,1-3H3/t19?,23-/m1/s1. The lowest BCUT2D eigenvalue weighted by Crippen LogP contribution is -2.24. The minimum absolute atomic E-state index is 0.0480. The summed E-state index contributed by atoms with van der Waals surface area (Å²) < 4.78 is 28.4. The average molecular weight is 463 g/mol. The number of benzene rings is 2. The summed E-state index contributed by atoms with van der Waals surface area (Å²) in [5, 5.41) is 0.485. The molecule has 5 nitrogen and oxygen atoms in total. The van der Waals surface area contributed by atoms with Gasteiger partial charge in [-0.3, -0.25) is 9.36 Å². The molecule has 0 aliphatic carbocycles. The molecule has 2 aromatic heterocycles. The quantitative estimate of drug-likeness (QED) is 0.351. The zero-order chi connectivity index (χ0) is 23.6. The van der Waals surface area contributed by atoms with Gasteiger partial charge < -0.3 is 4.98 Å². The molecular formula is C27H30N2O3S. The normalized spacial score (nSPS) is 13.8.